The Hall–Kier alpha value is -1.26. The van der Waals surface area contributed by atoms with Crippen LogP contribution in [0.1, 0.15) is 47.0 Å². The smallest absolute Gasteiger partial charge is 0.326 e. The molecule has 0 rings (SSSR count). The predicted octanol–water partition coefficient (Wildman–Crippen LogP) is 1.98. The molecule has 0 saturated carbocycles. The molecule has 0 aliphatic carbocycles. The van der Waals surface area contributed by atoms with E-state index in [0.29, 0.717) is 13.0 Å². The number of aliphatic carboxylic acids is 1. The lowest BCUT2D eigenvalue weighted by molar-refractivity contribution is -0.139. The Labute approximate surface area is 103 Å². The Morgan fingerprint density at radius 3 is 2.29 bits per heavy atom. The molecule has 5 heteroatoms. The normalized spacial score (nSPS) is 12.9. The van der Waals surface area contributed by atoms with E-state index in [1.54, 1.807) is 0 Å². The standard InChI is InChI=1S/C12H24N2O3/c1-5-7-9(10(15)16)14-11(17)13-8-12(3,4)6-2/h9H,5-8H2,1-4H3,(H,15,16)(H2,13,14,17). The van der Waals surface area contributed by atoms with Crippen LogP contribution < -0.4 is 10.6 Å². The summed E-state index contributed by atoms with van der Waals surface area (Å²) < 4.78 is 0. The van der Waals surface area contributed by atoms with Gasteiger partial charge in [0.2, 0.25) is 0 Å². The second kappa shape index (κ2) is 7.14. The Kier molecular flexibility index (Phi) is 6.61. The fraction of sp³-hybridized carbons (Fsp3) is 0.833. The second-order valence-corrected chi connectivity index (χ2v) is 5.02. The summed E-state index contributed by atoms with van der Waals surface area (Å²) in [4.78, 5) is 22.3. The van der Waals surface area contributed by atoms with E-state index >= 15 is 0 Å². The van der Waals surface area contributed by atoms with Gasteiger partial charge in [0.15, 0.2) is 0 Å². The third kappa shape index (κ3) is 6.81. The van der Waals surface area contributed by atoms with E-state index in [0.717, 1.165) is 12.8 Å². The van der Waals surface area contributed by atoms with Crippen LogP contribution in [-0.4, -0.2) is 29.7 Å². The van der Waals surface area contributed by atoms with E-state index in [1.807, 2.05) is 20.8 Å². The molecular weight excluding hydrogens is 220 g/mol. The van der Waals surface area contributed by atoms with E-state index < -0.39 is 18.0 Å². The zero-order valence-corrected chi connectivity index (χ0v) is 11.2. The van der Waals surface area contributed by atoms with Gasteiger partial charge in [-0.05, 0) is 18.3 Å². The van der Waals surface area contributed by atoms with Gasteiger partial charge in [-0.2, -0.15) is 0 Å². The van der Waals surface area contributed by atoms with Crippen molar-refractivity contribution in [2.75, 3.05) is 6.54 Å². The molecule has 3 N–H and O–H groups in total. The van der Waals surface area contributed by atoms with Crippen molar-refractivity contribution in [3.8, 4) is 0 Å². The third-order valence-electron chi connectivity index (χ3n) is 2.87. The van der Waals surface area contributed by atoms with E-state index in [2.05, 4.69) is 17.6 Å². The maximum absolute atomic E-state index is 11.5. The van der Waals surface area contributed by atoms with E-state index in [1.165, 1.54) is 0 Å². The zero-order chi connectivity index (χ0) is 13.5. The fourth-order valence-corrected chi connectivity index (χ4v) is 1.20. The third-order valence-corrected chi connectivity index (χ3v) is 2.87. The Morgan fingerprint density at radius 1 is 1.29 bits per heavy atom. The van der Waals surface area contributed by atoms with Gasteiger partial charge < -0.3 is 15.7 Å². The van der Waals surface area contributed by atoms with Gasteiger partial charge in [0.25, 0.3) is 0 Å². The predicted molar refractivity (Wildman–Crippen MR) is 66.9 cm³/mol. The molecule has 0 fully saturated rings. The first-order valence-corrected chi connectivity index (χ1v) is 6.09. The number of urea groups is 1. The van der Waals surface area contributed by atoms with Gasteiger partial charge in [0.05, 0.1) is 0 Å². The van der Waals surface area contributed by atoms with E-state index in [9.17, 15) is 9.59 Å². The molecule has 1 unspecified atom stereocenters. The maximum Gasteiger partial charge on any atom is 0.326 e. The molecular formula is C12H24N2O3. The lowest BCUT2D eigenvalue weighted by Gasteiger charge is -2.23. The molecule has 5 nitrogen and oxygen atoms in total. The quantitative estimate of drug-likeness (QED) is 0.640. The summed E-state index contributed by atoms with van der Waals surface area (Å²) in [6.45, 7) is 8.57. The molecule has 0 aliphatic heterocycles. The lowest BCUT2D eigenvalue weighted by Crippen LogP contribution is -2.47. The minimum absolute atomic E-state index is 0.0286. The van der Waals surface area contributed by atoms with E-state index in [-0.39, 0.29) is 5.41 Å². The van der Waals surface area contributed by atoms with Gasteiger partial charge in [0.1, 0.15) is 6.04 Å². The first kappa shape index (κ1) is 15.7. The largest absolute Gasteiger partial charge is 0.480 e. The van der Waals surface area contributed by atoms with Crippen LogP contribution in [0.5, 0.6) is 0 Å². The Balaban J connectivity index is 4.11. The number of rotatable bonds is 7. The van der Waals surface area contributed by atoms with Crippen LogP contribution in [0.25, 0.3) is 0 Å². The van der Waals surface area contributed by atoms with Gasteiger partial charge in [-0.25, -0.2) is 9.59 Å². The molecule has 0 aromatic rings. The fourth-order valence-electron chi connectivity index (χ4n) is 1.20. The average Bonchev–Trinajstić information content (AvgIpc) is 2.26. The number of carboxylic acids is 1. The van der Waals surface area contributed by atoms with Crippen molar-refractivity contribution in [1.82, 2.24) is 10.6 Å². The minimum atomic E-state index is -0.989. The van der Waals surface area contributed by atoms with Crippen molar-refractivity contribution < 1.29 is 14.7 Å². The minimum Gasteiger partial charge on any atom is -0.480 e. The van der Waals surface area contributed by atoms with Crippen LogP contribution in [0.2, 0.25) is 0 Å². The van der Waals surface area contributed by atoms with Gasteiger partial charge in [-0.15, -0.1) is 0 Å². The summed E-state index contributed by atoms with van der Waals surface area (Å²) in [6, 6.07) is -1.21. The van der Waals surface area contributed by atoms with E-state index in [4.69, 9.17) is 5.11 Å². The van der Waals surface area contributed by atoms with Crippen molar-refractivity contribution in [1.29, 1.82) is 0 Å². The van der Waals surface area contributed by atoms with Crippen LogP contribution in [0.4, 0.5) is 4.79 Å². The van der Waals surface area contributed by atoms with Crippen molar-refractivity contribution in [2.45, 2.75) is 53.0 Å². The summed E-state index contributed by atoms with van der Waals surface area (Å²) in [5.41, 5.74) is 0.0286. The maximum atomic E-state index is 11.5. The molecule has 0 aliphatic rings. The highest BCUT2D eigenvalue weighted by Gasteiger charge is 2.20. The monoisotopic (exact) mass is 244 g/mol. The summed E-state index contributed by atoms with van der Waals surface area (Å²) >= 11 is 0. The molecule has 0 radical (unpaired) electrons. The summed E-state index contributed by atoms with van der Waals surface area (Å²) in [5.74, 6) is -0.989. The topological polar surface area (TPSA) is 78.4 Å². The van der Waals surface area contributed by atoms with Crippen LogP contribution in [0, 0.1) is 5.41 Å². The van der Waals surface area contributed by atoms with Gasteiger partial charge in [-0.3, -0.25) is 0 Å². The molecule has 1 atom stereocenters. The van der Waals surface area contributed by atoms with Gasteiger partial charge in [0, 0.05) is 6.54 Å². The molecule has 2 amide bonds. The summed E-state index contributed by atoms with van der Waals surface area (Å²) in [6.07, 6.45) is 2.11. The SMILES string of the molecule is CCCC(NC(=O)NCC(C)(C)CC)C(=O)O. The number of carbonyl (C=O) groups is 2. The number of hydrogen-bond acceptors (Lipinski definition) is 2. The first-order chi connectivity index (χ1) is 7.82. The van der Waals surface area contributed by atoms with Crippen molar-refractivity contribution in [2.24, 2.45) is 5.41 Å². The van der Waals surface area contributed by atoms with Crippen LogP contribution in [-0.2, 0) is 4.79 Å². The van der Waals surface area contributed by atoms with Gasteiger partial charge >= 0.3 is 12.0 Å². The summed E-state index contributed by atoms with van der Waals surface area (Å²) in [7, 11) is 0. The number of hydrogen-bond donors (Lipinski definition) is 3. The molecule has 100 valence electrons. The Morgan fingerprint density at radius 2 is 1.88 bits per heavy atom. The number of carbonyl (C=O) groups excluding carboxylic acids is 1. The molecule has 0 saturated heterocycles. The van der Waals surface area contributed by atoms with Crippen LogP contribution >= 0.6 is 0 Å². The average molecular weight is 244 g/mol. The van der Waals surface area contributed by atoms with Crippen molar-refractivity contribution in [3.05, 3.63) is 0 Å². The molecule has 0 heterocycles. The number of amides is 2. The highest BCUT2D eigenvalue weighted by molar-refractivity contribution is 5.82. The molecule has 0 aromatic carbocycles. The molecule has 0 aromatic heterocycles. The summed E-state index contributed by atoms with van der Waals surface area (Å²) in [5, 5.41) is 14.1. The lowest BCUT2D eigenvalue weighted by atomic mass is 9.90. The van der Waals surface area contributed by atoms with Crippen molar-refractivity contribution in [3.63, 3.8) is 0 Å². The van der Waals surface area contributed by atoms with Crippen LogP contribution in [0.15, 0.2) is 0 Å². The van der Waals surface area contributed by atoms with Gasteiger partial charge in [-0.1, -0.05) is 34.1 Å². The Bertz CT molecular complexity index is 264. The second-order valence-electron chi connectivity index (χ2n) is 5.02. The highest BCUT2D eigenvalue weighted by Crippen LogP contribution is 2.17. The highest BCUT2D eigenvalue weighted by atomic mass is 16.4. The number of carboxylic acid groups (broad SMARTS) is 1. The van der Waals surface area contributed by atoms with Crippen molar-refractivity contribution >= 4 is 12.0 Å². The molecule has 17 heavy (non-hydrogen) atoms. The van der Waals surface area contributed by atoms with Crippen LogP contribution in [0.3, 0.4) is 0 Å². The molecule has 0 bridgehead atoms. The zero-order valence-electron chi connectivity index (χ0n) is 11.2. The molecule has 0 spiro atoms. The first-order valence-electron chi connectivity index (χ1n) is 6.09. The number of nitrogens with one attached hydrogen (secondary N) is 2.